The van der Waals surface area contributed by atoms with Crippen LogP contribution < -0.4 is 10.1 Å². The lowest BCUT2D eigenvalue weighted by atomic mass is 9.90. The number of anilines is 1. The number of esters is 1. The van der Waals surface area contributed by atoms with E-state index in [0.29, 0.717) is 27.9 Å². The highest BCUT2D eigenvalue weighted by Gasteiger charge is 2.46. The number of carbonyl (C=O) groups is 1. The fourth-order valence-corrected chi connectivity index (χ4v) is 3.53. The van der Waals surface area contributed by atoms with E-state index < -0.39 is 11.6 Å². The van der Waals surface area contributed by atoms with Crippen molar-refractivity contribution in [1.29, 1.82) is 0 Å². The van der Waals surface area contributed by atoms with Crippen molar-refractivity contribution in [3.8, 4) is 5.75 Å². The molecule has 2 aromatic carbocycles. The number of hydrogen-bond acceptors (Lipinski definition) is 4. The third-order valence-electron chi connectivity index (χ3n) is 4.08. The van der Waals surface area contributed by atoms with Gasteiger partial charge in [-0.3, -0.25) is 0 Å². The minimum absolute atomic E-state index is 0.320. The quantitative estimate of drug-likeness (QED) is 0.801. The van der Waals surface area contributed by atoms with Gasteiger partial charge in [0.25, 0.3) is 0 Å². The van der Waals surface area contributed by atoms with Crippen LogP contribution in [0.5, 0.6) is 5.75 Å². The lowest BCUT2D eigenvalue weighted by Gasteiger charge is -2.25. The predicted octanol–water partition coefficient (Wildman–Crippen LogP) is 4.64. The number of cyclic esters (lactones) is 1. The van der Waals surface area contributed by atoms with Crippen LogP contribution in [0.15, 0.2) is 42.5 Å². The van der Waals surface area contributed by atoms with E-state index in [1.54, 1.807) is 25.3 Å². The molecule has 1 fully saturated rings. The predicted molar refractivity (Wildman–Crippen MR) is 94.9 cm³/mol. The fraction of sp³-hybridized carbons (Fsp3) is 0.278. The van der Waals surface area contributed by atoms with Crippen molar-refractivity contribution in [2.24, 2.45) is 0 Å². The number of rotatable bonds is 4. The molecule has 2 aromatic rings. The summed E-state index contributed by atoms with van der Waals surface area (Å²) in [4.78, 5) is 12.3. The Morgan fingerprint density at radius 1 is 1.21 bits per heavy atom. The summed E-state index contributed by atoms with van der Waals surface area (Å²) >= 11 is 12.0. The summed E-state index contributed by atoms with van der Waals surface area (Å²) in [5.41, 5.74) is 0.761. The molecule has 2 atom stereocenters. The molecule has 0 spiro atoms. The molecule has 24 heavy (non-hydrogen) atoms. The van der Waals surface area contributed by atoms with Crippen LogP contribution in [-0.4, -0.2) is 19.1 Å². The van der Waals surface area contributed by atoms with Gasteiger partial charge in [0.1, 0.15) is 17.4 Å². The molecule has 1 aliphatic heterocycles. The zero-order valence-corrected chi connectivity index (χ0v) is 14.8. The molecule has 2 unspecified atom stereocenters. The van der Waals surface area contributed by atoms with Crippen molar-refractivity contribution < 1.29 is 14.3 Å². The van der Waals surface area contributed by atoms with E-state index in [1.165, 1.54) is 0 Å². The average molecular weight is 366 g/mol. The van der Waals surface area contributed by atoms with Gasteiger partial charge in [-0.05, 0) is 31.2 Å². The number of ether oxygens (including phenoxy) is 2. The summed E-state index contributed by atoms with van der Waals surface area (Å²) in [5.74, 6) is 0.374. The number of benzene rings is 2. The Kier molecular flexibility index (Phi) is 4.61. The van der Waals surface area contributed by atoms with Crippen molar-refractivity contribution in [1.82, 2.24) is 0 Å². The Morgan fingerprint density at radius 2 is 1.88 bits per heavy atom. The van der Waals surface area contributed by atoms with E-state index in [0.717, 1.165) is 5.56 Å². The number of methoxy groups -OCH3 is 1. The molecule has 0 saturated carbocycles. The van der Waals surface area contributed by atoms with Crippen LogP contribution in [0.1, 0.15) is 18.9 Å². The maximum Gasteiger partial charge on any atom is 0.329 e. The highest BCUT2D eigenvalue weighted by Crippen LogP contribution is 2.41. The summed E-state index contributed by atoms with van der Waals surface area (Å²) in [6, 6.07) is 12.1. The third-order valence-corrected chi connectivity index (χ3v) is 4.52. The molecule has 1 heterocycles. The molecular weight excluding hydrogens is 349 g/mol. The zero-order valence-electron chi connectivity index (χ0n) is 13.3. The van der Waals surface area contributed by atoms with Crippen LogP contribution in [0.4, 0.5) is 5.69 Å². The van der Waals surface area contributed by atoms with Gasteiger partial charge in [-0.1, -0.05) is 41.4 Å². The van der Waals surface area contributed by atoms with Crippen molar-refractivity contribution in [3.63, 3.8) is 0 Å². The molecule has 0 radical (unpaired) electrons. The summed E-state index contributed by atoms with van der Waals surface area (Å²) in [5, 5.41) is 4.16. The van der Waals surface area contributed by atoms with Crippen molar-refractivity contribution in [2.45, 2.75) is 25.0 Å². The average Bonchev–Trinajstić information content (AvgIpc) is 2.81. The number of nitrogens with one attached hydrogen (secondary N) is 1. The van der Waals surface area contributed by atoms with Crippen molar-refractivity contribution in [2.75, 3.05) is 12.4 Å². The van der Waals surface area contributed by atoms with E-state index in [-0.39, 0.29) is 5.97 Å². The highest BCUT2D eigenvalue weighted by atomic mass is 35.5. The van der Waals surface area contributed by atoms with Gasteiger partial charge in [0.15, 0.2) is 0 Å². The summed E-state index contributed by atoms with van der Waals surface area (Å²) in [6.07, 6.45) is 0.469. The van der Waals surface area contributed by atoms with Crippen molar-refractivity contribution >= 4 is 34.9 Å². The van der Waals surface area contributed by atoms with Gasteiger partial charge in [0.05, 0.1) is 7.11 Å². The lowest BCUT2D eigenvalue weighted by molar-refractivity contribution is -0.148. The van der Waals surface area contributed by atoms with E-state index in [4.69, 9.17) is 32.7 Å². The minimum Gasteiger partial charge on any atom is -0.496 e. The minimum atomic E-state index is -0.760. The topological polar surface area (TPSA) is 47.6 Å². The van der Waals surface area contributed by atoms with Crippen LogP contribution in [0.3, 0.4) is 0 Å². The van der Waals surface area contributed by atoms with E-state index in [9.17, 15) is 4.79 Å². The van der Waals surface area contributed by atoms with Crippen LogP contribution in [0, 0.1) is 0 Å². The van der Waals surface area contributed by atoms with Crippen LogP contribution in [0.25, 0.3) is 0 Å². The van der Waals surface area contributed by atoms with Crippen LogP contribution >= 0.6 is 23.2 Å². The second-order valence-electron chi connectivity index (χ2n) is 5.91. The summed E-state index contributed by atoms with van der Waals surface area (Å²) < 4.78 is 11.1. The highest BCUT2D eigenvalue weighted by molar-refractivity contribution is 6.35. The fourth-order valence-electron chi connectivity index (χ4n) is 3.00. The summed E-state index contributed by atoms with van der Waals surface area (Å²) in [7, 11) is 1.60. The molecule has 1 N–H and O–H groups in total. The van der Waals surface area contributed by atoms with E-state index in [1.807, 2.05) is 31.2 Å². The number of para-hydroxylation sites is 1. The largest absolute Gasteiger partial charge is 0.496 e. The van der Waals surface area contributed by atoms with Crippen LogP contribution in [0.2, 0.25) is 10.0 Å². The second-order valence-corrected chi connectivity index (χ2v) is 6.78. The Morgan fingerprint density at radius 3 is 2.54 bits per heavy atom. The third kappa shape index (κ3) is 3.30. The molecule has 4 nitrogen and oxygen atoms in total. The first-order chi connectivity index (χ1) is 11.4. The summed E-state index contributed by atoms with van der Waals surface area (Å²) in [6.45, 7) is 1.88. The molecule has 0 aromatic heterocycles. The number of hydrogen-bond donors (Lipinski definition) is 1. The number of carbonyl (C=O) groups excluding carboxylic acids is 1. The molecule has 1 saturated heterocycles. The van der Waals surface area contributed by atoms with Gasteiger partial charge < -0.3 is 14.8 Å². The van der Waals surface area contributed by atoms with Gasteiger partial charge in [-0.2, -0.15) is 0 Å². The maximum absolute atomic E-state index is 12.3. The van der Waals surface area contributed by atoms with Gasteiger partial charge in [0, 0.05) is 27.7 Å². The van der Waals surface area contributed by atoms with E-state index >= 15 is 0 Å². The molecule has 6 heteroatoms. The Hall–Kier alpha value is -1.91. The number of halogens is 2. The first-order valence-electron chi connectivity index (χ1n) is 7.50. The first-order valence-corrected chi connectivity index (χ1v) is 8.26. The molecule has 0 aliphatic carbocycles. The van der Waals surface area contributed by atoms with Gasteiger partial charge in [-0.15, -0.1) is 0 Å². The maximum atomic E-state index is 12.3. The second kappa shape index (κ2) is 6.54. The van der Waals surface area contributed by atoms with E-state index in [2.05, 4.69) is 5.32 Å². The smallest absolute Gasteiger partial charge is 0.329 e. The zero-order chi connectivity index (χ0) is 17.3. The van der Waals surface area contributed by atoms with Crippen LogP contribution in [-0.2, 0) is 15.1 Å². The lowest BCUT2D eigenvalue weighted by Crippen LogP contribution is -2.25. The monoisotopic (exact) mass is 365 g/mol. The first kappa shape index (κ1) is 16.9. The standard InChI is InChI=1S/C18H17Cl2NO3/c1-18(14-5-3-4-6-16(14)23-2)10-15(17(22)24-18)21-13-8-11(19)7-12(20)9-13/h3-9,15,21H,10H2,1-2H3. The van der Waals surface area contributed by atoms with Gasteiger partial charge >= 0.3 is 5.97 Å². The molecule has 0 bridgehead atoms. The van der Waals surface area contributed by atoms with Gasteiger partial charge in [0.2, 0.25) is 0 Å². The molecular formula is C18H17Cl2NO3. The Labute approximate surface area is 150 Å². The van der Waals surface area contributed by atoms with Crippen molar-refractivity contribution in [3.05, 3.63) is 58.1 Å². The Bertz CT molecular complexity index is 760. The Balaban J connectivity index is 1.85. The molecule has 3 rings (SSSR count). The normalized spacial score (nSPS) is 23.0. The molecule has 126 valence electrons. The molecule has 1 aliphatic rings. The van der Waals surface area contributed by atoms with Gasteiger partial charge in [-0.25, -0.2) is 4.79 Å². The molecule has 0 amide bonds. The SMILES string of the molecule is COc1ccccc1C1(C)CC(Nc2cc(Cl)cc(Cl)c2)C(=O)O1.